The molecule has 1 saturated heterocycles. The maximum atomic E-state index is 12.9. The summed E-state index contributed by atoms with van der Waals surface area (Å²) in [5.41, 5.74) is -0.721. The van der Waals surface area contributed by atoms with Crippen LogP contribution in [0.3, 0.4) is 0 Å². The first-order valence-electron chi connectivity index (χ1n) is 7.80. The van der Waals surface area contributed by atoms with Crippen molar-refractivity contribution >= 4 is 33.3 Å². The molecule has 0 radical (unpaired) electrons. The molecule has 0 unspecified atom stereocenters. The second kappa shape index (κ2) is 6.38. The molecule has 0 aliphatic carbocycles. The lowest BCUT2D eigenvalue weighted by Gasteiger charge is -2.35. The molecule has 11 heteroatoms. The molecule has 0 aromatic carbocycles. The largest absolute Gasteiger partial charge is 0.434 e. The number of halogens is 4. The Morgan fingerprint density at radius 3 is 2.27 bits per heavy atom. The quantitative estimate of drug-likeness (QED) is 0.626. The molecule has 7 nitrogen and oxygen atoms in total. The standard InChI is InChI=1S/C15H13BrF3N7/c16-10-7-21-14(22-8-10)25-5-3-24(4-6-25)12-13-23-11(15(17,18)19)9-26(13)2-1-20-12/h1-2,7-9H,3-6H2. The molecule has 0 N–H and O–H groups in total. The number of hydrogen-bond acceptors (Lipinski definition) is 6. The van der Waals surface area contributed by atoms with Crippen molar-refractivity contribution in [1.82, 2.24) is 24.3 Å². The van der Waals surface area contributed by atoms with Gasteiger partial charge in [-0.25, -0.2) is 19.9 Å². The Morgan fingerprint density at radius 1 is 0.962 bits per heavy atom. The lowest BCUT2D eigenvalue weighted by atomic mass is 10.3. The fourth-order valence-corrected chi connectivity index (χ4v) is 3.06. The fraction of sp³-hybridized carbons (Fsp3) is 0.333. The van der Waals surface area contributed by atoms with E-state index in [1.165, 1.54) is 16.8 Å². The first-order chi connectivity index (χ1) is 12.4. The monoisotopic (exact) mass is 427 g/mol. The summed E-state index contributed by atoms with van der Waals surface area (Å²) in [6.07, 6.45) is 2.80. The van der Waals surface area contributed by atoms with Crippen LogP contribution in [0.4, 0.5) is 24.9 Å². The minimum atomic E-state index is -4.49. The van der Waals surface area contributed by atoms with Gasteiger partial charge in [0.1, 0.15) is 0 Å². The molecule has 1 fully saturated rings. The van der Waals surface area contributed by atoms with Gasteiger partial charge in [0.2, 0.25) is 5.95 Å². The lowest BCUT2D eigenvalue weighted by molar-refractivity contribution is -0.140. The SMILES string of the molecule is FC(F)(F)c1cn2ccnc(N3CCN(c4ncc(Br)cn4)CC3)c2n1. The van der Waals surface area contributed by atoms with E-state index < -0.39 is 11.9 Å². The fourth-order valence-electron chi connectivity index (χ4n) is 2.85. The van der Waals surface area contributed by atoms with Crippen molar-refractivity contribution in [1.29, 1.82) is 0 Å². The van der Waals surface area contributed by atoms with Crippen molar-refractivity contribution in [2.75, 3.05) is 36.0 Å². The summed E-state index contributed by atoms with van der Waals surface area (Å²) in [7, 11) is 0. The first-order valence-corrected chi connectivity index (χ1v) is 8.59. The zero-order chi connectivity index (χ0) is 18.3. The van der Waals surface area contributed by atoms with Crippen LogP contribution in [0.1, 0.15) is 5.69 Å². The number of alkyl halides is 3. The van der Waals surface area contributed by atoms with Crippen LogP contribution < -0.4 is 9.80 Å². The molecular formula is C15H13BrF3N7. The average Bonchev–Trinajstić information content (AvgIpc) is 3.07. The summed E-state index contributed by atoms with van der Waals surface area (Å²) in [5, 5.41) is 0. The normalized spacial score (nSPS) is 15.7. The highest BCUT2D eigenvalue weighted by Crippen LogP contribution is 2.30. The summed E-state index contributed by atoms with van der Waals surface area (Å²) in [5.74, 6) is 1.07. The first kappa shape index (κ1) is 17.0. The van der Waals surface area contributed by atoms with E-state index in [1.807, 2.05) is 9.80 Å². The van der Waals surface area contributed by atoms with Crippen molar-refractivity contribution in [3.8, 4) is 0 Å². The molecular weight excluding hydrogens is 415 g/mol. The number of nitrogens with zero attached hydrogens (tertiary/aromatic N) is 7. The molecule has 136 valence electrons. The van der Waals surface area contributed by atoms with Gasteiger partial charge in [-0.3, -0.25) is 0 Å². The van der Waals surface area contributed by atoms with Crippen LogP contribution in [0.25, 0.3) is 5.65 Å². The molecule has 0 bridgehead atoms. The summed E-state index contributed by atoms with van der Waals surface area (Å²) in [4.78, 5) is 20.5. The van der Waals surface area contributed by atoms with Crippen LogP contribution in [-0.2, 0) is 6.18 Å². The van der Waals surface area contributed by atoms with Crippen LogP contribution in [0.5, 0.6) is 0 Å². The Hall–Kier alpha value is -2.43. The maximum Gasteiger partial charge on any atom is 0.434 e. The van der Waals surface area contributed by atoms with Gasteiger partial charge < -0.3 is 14.2 Å². The van der Waals surface area contributed by atoms with E-state index in [0.717, 1.165) is 10.7 Å². The average molecular weight is 428 g/mol. The van der Waals surface area contributed by atoms with Crippen LogP contribution >= 0.6 is 15.9 Å². The molecule has 0 spiro atoms. The number of fused-ring (bicyclic) bond motifs is 1. The van der Waals surface area contributed by atoms with Gasteiger partial charge in [0, 0.05) is 57.2 Å². The maximum absolute atomic E-state index is 12.9. The highest BCUT2D eigenvalue weighted by Gasteiger charge is 2.34. The zero-order valence-corrected chi connectivity index (χ0v) is 14.9. The zero-order valence-electron chi connectivity index (χ0n) is 13.4. The Labute approximate surface area is 154 Å². The molecule has 4 heterocycles. The topological polar surface area (TPSA) is 62.5 Å². The number of anilines is 2. The van der Waals surface area contributed by atoms with E-state index in [-0.39, 0.29) is 5.65 Å². The van der Waals surface area contributed by atoms with Crippen LogP contribution in [0, 0.1) is 0 Å². The predicted molar refractivity (Wildman–Crippen MR) is 92.1 cm³/mol. The van der Waals surface area contributed by atoms with Gasteiger partial charge in [-0.1, -0.05) is 0 Å². The van der Waals surface area contributed by atoms with Crippen LogP contribution in [-0.4, -0.2) is 50.5 Å². The third kappa shape index (κ3) is 3.18. The molecule has 0 saturated carbocycles. The number of aromatic nitrogens is 5. The van der Waals surface area contributed by atoms with E-state index >= 15 is 0 Å². The van der Waals surface area contributed by atoms with Crippen molar-refractivity contribution in [2.45, 2.75) is 6.18 Å². The van der Waals surface area contributed by atoms with Crippen molar-refractivity contribution in [3.63, 3.8) is 0 Å². The van der Waals surface area contributed by atoms with Gasteiger partial charge in [0.15, 0.2) is 17.2 Å². The molecule has 1 aliphatic rings. The summed E-state index contributed by atoms with van der Waals surface area (Å²) in [6.45, 7) is 2.44. The second-order valence-electron chi connectivity index (χ2n) is 5.78. The van der Waals surface area contributed by atoms with Crippen molar-refractivity contribution in [2.24, 2.45) is 0 Å². The Morgan fingerprint density at radius 2 is 1.62 bits per heavy atom. The predicted octanol–water partition coefficient (Wildman–Crippen LogP) is 2.63. The molecule has 3 aromatic rings. The van der Waals surface area contributed by atoms with Gasteiger partial charge in [-0.15, -0.1) is 0 Å². The van der Waals surface area contributed by atoms with Crippen molar-refractivity contribution < 1.29 is 13.2 Å². The number of piperazine rings is 1. The lowest BCUT2D eigenvalue weighted by Crippen LogP contribution is -2.47. The summed E-state index contributed by atoms with van der Waals surface area (Å²) >= 11 is 3.30. The van der Waals surface area contributed by atoms with E-state index in [9.17, 15) is 13.2 Å². The number of hydrogen-bond donors (Lipinski definition) is 0. The van der Waals surface area contributed by atoms with Gasteiger partial charge >= 0.3 is 6.18 Å². The molecule has 0 amide bonds. The Kier molecular flexibility index (Phi) is 4.17. The Balaban J connectivity index is 1.56. The van der Waals surface area contributed by atoms with E-state index in [1.54, 1.807) is 12.4 Å². The molecule has 4 rings (SSSR count). The van der Waals surface area contributed by atoms with E-state index in [0.29, 0.717) is 37.9 Å². The van der Waals surface area contributed by atoms with Crippen LogP contribution in [0.15, 0.2) is 35.5 Å². The van der Waals surface area contributed by atoms with Gasteiger partial charge in [0.25, 0.3) is 0 Å². The van der Waals surface area contributed by atoms with Gasteiger partial charge in [-0.05, 0) is 15.9 Å². The molecule has 3 aromatic heterocycles. The molecule has 1 aliphatic heterocycles. The van der Waals surface area contributed by atoms with Gasteiger partial charge in [-0.2, -0.15) is 13.2 Å². The summed E-state index contributed by atoms with van der Waals surface area (Å²) < 4.78 is 41.0. The number of rotatable bonds is 2. The molecule has 26 heavy (non-hydrogen) atoms. The van der Waals surface area contributed by atoms with E-state index in [2.05, 4.69) is 35.9 Å². The minimum absolute atomic E-state index is 0.202. The highest BCUT2D eigenvalue weighted by atomic mass is 79.9. The molecule has 0 atom stereocenters. The minimum Gasteiger partial charge on any atom is -0.350 e. The van der Waals surface area contributed by atoms with Crippen LogP contribution in [0.2, 0.25) is 0 Å². The van der Waals surface area contributed by atoms with Gasteiger partial charge in [0.05, 0.1) is 4.47 Å². The third-order valence-electron chi connectivity index (χ3n) is 4.12. The summed E-state index contributed by atoms with van der Waals surface area (Å²) in [6, 6.07) is 0. The second-order valence-corrected chi connectivity index (χ2v) is 6.70. The number of imidazole rings is 1. The highest BCUT2D eigenvalue weighted by molar-refractivity contribution is 9.10. The van der Waals surface area contributed by atoms with Crippen molar-refractivity contribution in [3.05, 3.63) is 41.2 Å². The third-order valence-corrected chi connectivity index (χ3v) is 4.53. The van der Waals surface area contributed by atoms with E-state index in [4.69, 9.17) is 0 Å². The Bertz CT molecular complexity index is 917. The smallest absolute Gasteiger partial charge is 0.350 e.